The molecule has 1 saturated carbocycles. The molecule has 33 heavy (non-hydrogen) atoms. The van der Waals surface area contributed by atoms with E-state index in [1.807, 2.05) is 49.3 Å². The third-order valence-electron chi connectivity index (χ3n) is 6.20. The Kier molecular flexibility index (Phi) is 7.03. The van der Waals surface area contributed by atoms with E-state index in [4.69, 9.17) is 19.4 Å². The molecule has 0 radical (unpaired) electrons. The van der Waals surface area contributed by atoms with Gasteiger partial charge in [0.1, 0.15) is 5.82 Å². The van der Waals surface area contributed by atoms with Gasteiger partial charge in [0.05, 0.1) is 19.7 Å². The second kappa shape index (κ2) is 10.1. The second-order valence-corrected chi connectivity index (χ2v) is 8.71. The first-order chi connectivity index (χ1) is 16.0. The van der Waals surface area contributed by atoms with Crippen molar-refractivity contribution in [2.75, 3.05) is 38.5 Å². The number of fused-ring (bicyclic) bond motifs is 1. The van der Waals surface area contributed by atoms with Gasteiger partial charge in [-0.2, -0.15) is 4.98 Å². The Balaban J connectivity index is 1.34. The van der Waals surface area contributed by atoms with Crippen LogP contribution in [0, 0.1) is 0 Å². The van der Waals surface area contributed by atoms with E-state index in [2.05, 4.69) is 16.7 Å². The van der Waals surface area contributed by atoms with Gasteiger partial charge < -0.3 is 30.1 Å². The lowest BCUT2D eigenvalue weighted by Gasteiger charge is -2.30. The van der Waals surface area contributed by atoms with Gasteiger partial charge in [-0.1, -0.05) is 12.1 Å². The predicted octanol–water partition coefficient (Wildman–Crippen LogP) is 3.93. The summed E-state index contributed by atoms with van der Waals surface area (Å²) in [4.78, 5) is 11.5. The van der Waals surface area contributed by atoms with Crippen LogP contribution in [0.5, 0.6) is 17.2 Å². The topological polar surface area (TPSA) is 91.8 Å². The van der Waals surface area contributed by atoms with Gasteiger partial charge in [0.2, 0.25) is 11.7 Å². The summed E-state index contributed by atoms with van der Waals surface area (Å²) in [6.07, 6.45) is 4.23. The Bertz CT molecular complexity index is 1070. The van der Waals surface area contributed by atoms with Gasteiger partial charge in [0.25, 0.3) is 0 Å². The molecule has 4 rings (SSSR count). The maximum Gasteiger partial charge on any atom is 0.225 e. The number of benzene rings is 2. The molecule has 1 fully saturated rings. The van der Waals surface area contributed by atoms with Gasteiger partial charge in [-0.05, 0) is 55.5 Å². The number of anilines is 2. The number of hydrogen-bond donors (Lipinski definition) is 3. The van der Waals surface area contributed by atoms with Crippen LogP contribution in [0.25, 0.3) is 10.9 Å². The third-order valence-corrected chi connectivity index (χ3v) is 6.20. The highest BCUT2D eigenvalue weighted by atomic mass is 16.5. The zero-order chi connectivity index (χ0) is 23.4. The largest absolute Gasteiger partial charge is 0.502 e. The van der Waals surface area contributed by atoms with Crippen LogP contribution in [0.4, 0.5) is 11.8 Å². The standard InChI is InChI=1S/C25H33N5O3/c1-30(2)24-19-7-5-6-8-20(19)28-25(29-24)27-18-11-9-17(10-12-18)26-15-16-13-21(32-3)23(31)22(14-16)33-4/h5-8,13-14,17-18,26,31H,9-12,15H2,1-4H3,(H,27,28,29). The zero-order valence-electron chi connectivity index (χ0n) is 19.8. The van der Waals surface area contributed by atoms with Crippen molar-refractivity contribution in [1.82, 2.24) is 15.3 Å². The van der Waals surface area contributed by atoms with E-state index in [0.717, 1.165) is 48.0 Å². The summed E-state index contributed by atoms with van der Waals surface area (Å²) in [7, 11) is 7.10. The van der Waals surface area contributed by atoms with Crippen LogP contribution in [0.2, 0.25) is 0 Å². The lowest BCUT2D eigenvalue weighted by molar-refractivity contribution is 0.336. The van der Waals surface area contributed by atoms with Crippen molar-refractivity contribution in [3.63, 3.8) is 0 Å². The highest BCUT2D eigenvalue weighted by molar-refractivity contribution is 5.90. The van der Waals surface area contributed by atoms with Gasteiger partial charge in [-0.25, -0.2) is 4.98 Å². The summed E-state index contributed by atoms with van der Waals surface area (Å²) in [5.41, 5.74) is 1.97. The summed E-state index contributed by atoms with van der Waals surface area (Å²) < 4.78 is 10.5. The maximum absolute atomic E-state index is 10.1. The van der Waals surface area contributed by atoms with Gasteiger partial charge in [-0.3, -0.25) is 0 Å². The molecule has 8 nitrogen and oxygen atoms in total. The fourth-order valence-corrected chi connectivity index (χ4v) is 4.40. The zero-order valence-corrected chi connectivity index (χ0v) is 19.8. The third kappa shape index (κ3) is 5.22. The summed E-state index contributed by atoms with van der Waals surface area (Å²) in [5.74, 6) is 2.50. The number of ether oxygens (including phenoxy) is 2. The quantitative estimate of drug-likeness (QED) is 0.475. The number of nitrogens with zero attached hydrogens (tertiary/aromatic N) is 3. The molecule has 3 aromatic rings. The lowest BCUT2D eigenvalue weighted by Crippen LogP contribution is -2.37. The average molecular weight is 452 g/mol. The smallest absolute Gasteiger partial charge is 0.225 e. The number of hydrogen-bond acceptors (Lipinski definition) is 8. The van der Waals surface area contributed by atoms with Crippen LogP contribution in [-0.2, 0) is 6.54 Å². The summed E-state index contributed by atoms with van der Waals surface area (Å²) in [6.45, 7) is 0.690. The number of rotatable bonds is 8. The van der Waals surface area contributed by atoms with E-state index in [1.54, 1.807) is 14.2 Å². The van der Waals surface area contributed by atoms with Crippen LogP contribution >= 0.6 is 0 Å². The molecule has 3 N–H and O–H groups in total. The molecule has 0 atom stereocenters. The normalized spacial score (nSPS) is 18.2. The van der Waals surface area contributed by atoms with Crippen molar-refractivity contribution >= 4 is 22.7 Å². The highest BCUT2D eigenvalue weighted by Gasteiger charge is 2.22. The van der Waals surface area contributed by atoms with E-state index < -0.39 is 0 Å². The summed E-state index contributed by atoms with van der Waals surface area (Å²) in [6, 6.07) is 12.6. The number of aromatic hydroxyl groups is 1. The summed E-state index contributed by atoms with van der Waals surface area (Å²) in [5, 5.41) is 18.4. The Hall–Kier alpha value is -3.26. The van der Waals surface area contributed by atoms with Crippen molar-refractivity contribution in [1.29, 1.82) is 0 Å². The molecular weight excluding hydrogens is 418 g/mol. The molecule has 176 valence electrons. The van der Waals surface area contributed by atoms with Gasteiger partial charge in [0, 0.05) is 38.1 Å². The van der Waals surface area contributed by atoms with E-state index in [1.165, 1.54) is 0 Å². The molecule has 8 heteroatoms. The van der Waals surface area contributed by atoms with Gasteiger partial charge >= 0.3 is 0 Å². The van der Waals surface area contributed by atoms with E-state index >= 15 is 0 Å². The average Bonchev–Trinajstić information content (AvgIpc) is 2.83. The van der Waals surface area contributed by atoms with Crippen LogP contribution < -0.4 is 25.0 Å². The Morgan fingerprint density at radius 3 is 2.24 bits per heavy atom. The molecule has 0 spiro atoms. The number of aromatic nitrogens is 2. The first kappa shape index (κ1) is 22.9. The van der Waals surface area contributed by atoms with Crippen molar-refractivity contribution < 1.29 is 14.6 Å². The lowest BCUT2D eigenvalue weighted by atomic mass is 9.91. The number of phenolic OH excluding ortho intramolecular Hbond substituents is 1. The molecule has 2 aromatic carbocycles. The monoisotopic (exact) mass is 451 g/mol. The minimum absolute atomic E-state index is 0.0312. The van der Waals surface area contributed by atoms with Crippen molar-refractivity contribution in [2.24, 2.45) is 0 Å². The first-order valence-electron chi connectivity index (χ1n) is 11.4. The number of nitrogens with one attached hydrogen (secondary N) is 2. The Morgan fingerprint density at radius 1 is 0.970 bits per heavy atom. The fraction of sp³-hybridized carbons (Fsp3) is 0.440. The van der Waals surface area contributed by atoms with Crippen LogP contribution in [-0.4, -0.2) is 55.5 Å². The molecule has 1 aliphatic rings. The fourth-order valence-electron chi connectivity index (χ4n) is 4.40. The molecule has 0 saturated heterocycles. The van der Waals surface area contributed by atoms with Crippen LogP contribution in [0.1, 0.15) is 31.2 Å². The Morgan fingerprint density at radius 2 is 1.61 bits per heavy atom. The number of para-hydroxylation sites is 1. The molecule has 0 amide bonds. The minimum Gasteiger partial charge on any atom is -0.502 e. The van der Waals surface area contributed by atoms with Crippen LogP contribution in [0.3, 0.4) is 0 Å². The maximum atomic E-state index is 10.1. The minimum atomic E-state index is 0.0312. The predicted molar refractivity (Wildman–Crippen MR) is 132 cm³/mol. The van der Waals surface area contributed by atoms with Crippen molar-refractivity contribution in [2.45, 2.75) is 44.3 Å². The molecule has 1 aromatic heterocycles. The van der Waals surface area contributed by atoms with E-state index in [0.29, 0.717) is 36.1 Å². The number of phenols is 1. The van der Waals surface area contributed by atoms with E-state index in [9.17, 15) is 5.11 Å². The Labute approximate surface area is 194 Å². The number of methoxy groups -OCH3 is 2. The second-order valence-electron chi connectivity index (χ2n) is 8.71. The SMILES string of the molecule is COc1cc(CNC2CCC(Nc3nc(N(C)C)c4ccccc4n3)CC2)cc(OC)c1O. The summed E-state index contributed by atoms with van der Waals surface area (Å²) >= 11 is 0. The van der Waals surface area contributed by atoms with Crippen molar-refractivity contribution in [3.8, 4) is 17.2 Å². The molecule has 1 aliphatic carbocycles. The molecule has 0 bridgehead atoms. The molecular formula is C25H33N5O3. The van der Waals surface area contributed by atoms with Crippen molar-refractivity contribution in [3.05, 3.63) is 42.0 Å². The molecule has 1 heterocycles. The van der Waals surface area contributed by atoms with E-state index in [-0.39, 0.29) is 5.75 Å². The molecule has 0 unspecified atom stereocenters. The van der Waals surface area contributed by atoms with Gasteiger partial charge in [-0.15, -0.1) is 0 Å². The van der Waals surface area contributed by atoms with Crippen LogP contribution in [0.15, 0.2) is 36.4 Å². The highest BCUT2D eigenvalue weighted by Crippen LogP contribution is 2.37. The molecule has 0 aliphatic heterocycles. The van der Waals surface area contributed by atoms with Gasteiger partial charge in [0.15, 0.2) is 11.5 Å². The first-order valence-corrected chi connectivity index (χ1v) is 11.4.